The van der Waals surface area contributed by atoms with Gasteiger partial charge in [0.1, 0.15) is 16.7 Å². The summed E-state index contributed by atoms with van der Waals surface area (Å²) in [4.78, 5) is 9.78. The molecule has 0 spiro atoms. The van der Waals surface area contributed by atoms with Crippen LogP contribution in [0.15, 0.2) is 63.2 Å². The van der Waals surface area contributed by atoms with Crippen molar-refractivity contribution in [1.82, 2.24) is 9.97 Å². The number of aryl methyl sites for hydroxylation is 1. The summed E-state index contributed by atoms with van der Waals surface area (Å²) in [5, 5.41) is 0.157. The first-order valence-corrected chi connectivity index (χ1v) is 12.2. The predicted molar refractivity (Wildman–Crippen MR) is 125 cm³/mol. The zero-order chi connectivity index (χ0) is 22.8. The molecule has 0 aliphatic rings. The highest BCUT2D eigenvalue weighted by atomic mass is 35.5. The van der Waals surface area contributed by atoms with E-state index in [4.69, 9.17) is 16.3 Å². The molecule has 1 heterocycles. The van der Waals surface area contributed by atoms with Gasteiger partial charge < -0.3 is 4.74 Å². The van der Waals surface area contributed by atoms with Crippen LogP contribution in [0.2, 0.25) is 5.15 Å². The molecule has 31 heavy (non-hydrogen) atoms. The van der Waals surface area contributed by atoms with Crippen LogP contribution < -0.4 is 9.46 Å². The van der Waals surface area contributed by atoms with Crippen molar-refractivity contribution in [3.63, 3.8) is 0 Å². The maximum Gasteiger partial charge on any atom is 0.263 e. The van der Waals surface area contributed by atoms with Crippen LogP contribution in [0.5, 0.6) is 5.75 Å². The fourth-order valence-corrected chi connectivity index (χ4v) is 5.17. The van der Waals surface area contributed by atoms with Crippen molar-refractivity contribution in [1.29, 1.82) is 0 Å². The number of benzene rings is 2. The number of methoxy groups -OCH3 is 1. The molecule has 0 atom stereocenters. The topological polar surface area (TPSA) is 81.2 Å². The minimum atomic E-state index is -3.88. The molecule has 0 aliphatic carbocycles. The molecule has 3 rings (SSSR count). The number of anilines is 1. The SMILES string of the molecule is COc1ccccc1Sc1c(Cl)nc(C)nc1NS(=O)(=O)c1ccc(C(C)(C)C)cc1. The van der Waals surface area contributed by atoms with Crippen LogP contribution in [0.4, 0.5) is 5.82 Å². The number of nitrogens with zero attached hydrogens (tertiary/aromatic N) is 2. The minimum Gasteiger partial charge on any atom is -0.496 e. The Balaban J connectivity index is 1.99. The Morgan fingerprint density at radius 2 is 1.68 bits per heavy atom. The molecule has 164 valence electrons. The van der Waals surface area contributed by atoms with Crippen molar-refractivity contribution in [2.24, 2.45) is 0 Å². The highest BCUT2D eigenvalue weighted by Crippen LogP contribution is 2.41. The standard InChI is InChI=1S/C22H24ClN3O3S2/c1-14-24-20(23)19(30-18-9-7-6-8-17(18)29-5)21(25-14)26-31(27,28)16-12-10-15(11-13-16)22(2,3)4/h6-13H,1-5H3,(H,24,25,26). The van der Waals surface area contributed by atoms with Gasteiger partial charge in [-0.15, -0.1) is 0 Å². The van der Waals surface area contributed by atoms with Crippen LogP contribution in [-0.4, -0.2) is 25.5 Å². The molecule has 0 saturated heterocycles. The third-order valence-corrected chi connectivity index (χ3v) is 7.37. The summed E-state index contributed by atoms with van der Waals surface area (Å²) in [6.45, 7) is 7.87. The first-order chi connectivity index (χ1) is 14.5. The highest BCUT2D eigenvalue weighted by molar-refractivity contribution is 8.00. The number of hydrogen-bond donors (Lipinski definition) is 1. The Hall–Kier alpha value is -2.29. The first kappa shape index (κ1) is 23.4. The zero-order valence-corrected chi connectivity index (χ0v) is 20.3. The van der Waals surface area contributed by atoms with Crippen molar-refractivity contribution in [2.75, 3.05) is 11.8 Å². The van der Waals surface area contributed by atoms with E-state index in [1.165, 1.54) is 11.8 Å². The van der Waals surface area contributed by atoms with Crippen LogP contribution >= 0.6 is 23.4 Å². The van der Waals surface area contributed by atoms with Gasteiger partial charge in [0.25, 0.3) is 10.0 Å². The molecule has 0 unspecified atom stereocenters. The van der Waals surface area contributed by atoms with Gasteiger partial charge in [-0.1, -0.05) is 68.4 Å². The van der Waals surface area contributed by atoms with E-state index in [1.54, 1.807) is 26.2 Å². The zero-order valence-electron chi connectivity index (χ0n) is 17.9. The first-order valence-electron chi connectivity index (χ1n) is 9.49. The van der Waals surface area contributed by atoms with Gasteiger partial charge in [-0.3, -0.25) is 4.72 Å². The monoisotopic (exact) mass is 477 g/mol. The number of halogens is 1. The van der Waals surface area contributed by atoms with Gasteiger partial charge in [-0.25, -0.2) is 18.4 Å². The molecule has 9 heteroatoms. The lowest BCUT2D eigenvalue weighted by Crippen LogP contribution is -2.16. The Labute approximate surface area is 192 Å². The Kier molecular flexibility index (Phi) is 6.83. The minimum absolute atomic E-state index is 0.0778. The summed E-state index contributed by atoms with van der Waals surface area (Å²) in [7, 11) is -2.32. The van der Waals surface area contributed by atoms with Gasteiger partial charge in [-0.05, 0) is 42.2 Å². The molecule has 2 aromatic carbocycles. The normalized spacial score (nSPS) is 11.9. The molecule has 0 saturated carbocycles. The van der Waals surface area contributed by atoms with Gasteiger partial charge >= 0.3 is 0 Å². The van der Waals surface area contributed by atoms with Crippen LogP contribution in [0, 0.1) is 6.92 Å². The molecule has 0 fully saturated rings. The maximum atomic E-state index is 13.1. The van der Waals surface area contributed by atoms with Crippen molar-refractivity contribution in [2.45, 2.75) is 47.8 Å². The van der Waals surface area contributed by atoms with Gasteiger partial charge in [0, 0.05) is 0 Å². The average molecular weight is 478 g/mol. The number of aromatic nitrogens is 2. The van der Waals surface area contributed by atoms with E-state index in [2.05, 4.69) is 35.5 Å². The molecule has 1 aromatic heterocycles. The summed E-state index contributed by atoms with van der Waals surface area (Å²) < 4.78 is 34.1. The third-order valence-electron chi connectivity index (χ3n) is 4.48. The van der Waals surface area contributed by atoms with Crippen molar-refractivity contribution < 1.29 is 13.2 Å². The quantitative estimate of drug-likeness (QED) is 0.459. The number of para-hydroxylation sites is 1. The van der Waals surface area contributed by atoms with E-state index < -0.39 is 10.0 Å². The van der Waals surface area contributed by atoms with Crippen molar-refractivity contribution in [3.8, 4) is 5.75 Å². The summed E-state index contributed by atoms with van der Waals surface area (Å²) in [6.07, 6.45) is 0. The second-order valence-corrected chi connectivity index (χ2v) is 11.0. The largest absolute Gasteiger partial charge is 0.496 e. The fraction of sp³-hybridized carbons (Fsp3) is 0.273. The molecular weight excluding hydrogens is 454 g/mol. The van der Waals surface area contributed by atoms with Crippen LogP contribution in [0.1, 0.15) is 32.2 Å². The lowest BCUT2D eigenvalue weighted by molar-refractivity contribution is 0.405. The number of nitrogens with one attached hydrogen (secondary N) is 1. The highest BCUT2D eigenvalue weighted by Gasteiger charge is 2.22. The second kappa shape index (κ2) is 9.06. The Bertz CT molecular complexity index is 1190. The van der Waals surface area contributed by atoms with Crippen molar-refractivity contribution >= 4 is 39.2 Å². The van der Waals surface area contributed by atoms with E-state index in [-0.39, 0.29) is 21.3 Å². The molecule has 0 aliphatic heterocycles. The van der Waals surface area contributed by atoms with Gasteiger partial charge in [0.15, 0.2) is 5.82 Å². The second-order valence-electron chi connectivity index (χ2n) is 7.87. The molecule has 0 bridgehead atoms. The van der Waals surface area contributed by atoms with E-state index in [0.717, 1.165) is 10.5 Å². The summed E-state index contributed by atoms with van der Waals surface area (Å²) in [5.74, 6) is 1.11. The average Bonchev–Trinajstić information content (AvgIpc) is 2.70. The Morgan fingerprint density at radius 3 is 2.29 bits per heavy atom. The smallest absolute Gasteiger partial charge is 0.263 e. The van der Waals surface area contributed by atoms with Crippen LogP contribution in [0.3, 0.4) is 0 Å². The summed E-state index contributed by atoms with van der Waals surface area (Å²) >= 11 is 7.61. The van der Waals surface area contributed by atoms with Gasteiger partial charge in [-0.2, -0.15) is 0 Å². The number of ether oxygens (including phenoxy) is 1. The van der Waals surface area contributed by atoms with E-state index in [1.807, 2.05) is 36.4 Å². The molecule has 1 N–H and O–H groups in total. The Morgan fingerprint density at radius 1 is 1.03 bits per heavy atom. The molecule has 0 radical (unpaired) electrons. The lowest BCUT2D eigenvalue weighted by Gasteiger charge is -2.19. The van der Waals surface area contributed by atoms with Gasteiger partial charge in [0.2, 0.25) is 0 Å². The van der Waals surface area contributed by atoms with E-state index in [9.17, 15) is 8.42 Å². The lowest BCUT2D eigenvalue weighted by atomic mass is 9.87. The number of hydrogen-bond acceptors (Lipinski definition) is 6. The summed E-state index contributed by atoms with van der Waals surface area (Å²) in [5.41, 5.74) is 0.964. The van der Waals surface area contributed by atoms with Crippen LogP contribution in [0.25, 0.3) is 0 Å². The number of sulfonamides is 1. The predicted octanol–water partition coefficient (Wildman–Crippen LogP) is 5.70. The molecule has 6 nitrogen and oxygen atoms in total. The van der Waals surface area contributed by atoms with Gasteiger partial charge in [0.05, 0.1) is 21.8 Å². The molecule has 3 aromatic rings. The van der Waals surface area contributed by atoms with E-state index in [0.29, 0.717) is 16.5 Å². The van der Waals surface area contributed by atoms with Crippen LogP contribution in [-0.2, 0) is 15.4 Å². The third kappa shape index (κ3) is 5.50. The molecule has 0 amide bonds. The summed E-state index contributed by atoms with van der Waals surface area (Å²) in [6, 6.07) is 14.2. The van der Waals surface area contributed by atoms with Crippen molar-refractivity contribution in [3.05, 3.63) is 65.1 Å². The number of rotatable bonds is 6. The molecular formula is C22H24ClN3O3S2. The fourth-order valence-electron chi connectivity index (χ4n) is 2.82. The van der Waals surface area contributed by atoms with E-state index >= 15 is 0 Å². The maximum absolute atomic E-state index is 13.1.